The van der Waals surface area contributed by atoms with Gasteiger partial charge < -0.3 is 5.32 Å². The molecular weight excluding hydrogens is 396 g/mol. The molecule has 0 aromatic heterocycles. The van der Waals surface area contributed by atoms with Crippen LogP contribution in [0.2, 0.25) is 5.02 Å². The summed E-state index contributed by atoms with van der Waals surface area (Å²) in [5.41, 5.74) is 3.37. The fraction of sp³-hybridized carbons (Fsp3) is 0.381. The highest BCUT2D eigenvalue weighted by Crippen LogP contribution is 2.26. The van der Waals surface area contributed by atoms with E-state index >= 15 is 0 Å². The molecule has 1 saturated heterocycles. The van der Waals surface area contributed by atoms with E-state index in [-0.39, 0.29) is 24.1 Å². The number of hydrogen-bond acceptors (Lipinski definition) is 3. The van der Waals surface area contributed by atoms with E-state index in [0.29, 0.717) is 30.0 Å². The van der Waals surface area contributed by atoms with Crippen LogP contribution in [0.25, 0.3) is 0 Å². The first kappa shape index (κ1) is 20.8. The van der Waals surface area contributed by atoms with Crippen molar-refractivity contribution in [3.8, 4) is 0 Å². The fourth-order valence-electron chi connectivity index (χ4n) is 3.55. The molecule has 7 heteroatoms. The molecular formula is C21H25ClN2O3S. The minimum absolute atomic E-state index is 0.130. The molecule has 3 rings (SSSR count). The predicted octanol–water partition coefficient (Wildman–Crippen LogP) is 4.14. The lowest BCUT2D eigenvalue weighted by molar-refractivity contribution is -0.120. The summed E-state index contributed by atoms with van der Waals surface area (Å²) in [5, 5.41) is 3.43. The van der Waals surface area contributed by atoms with E-state index in [1.807, 2.05) is 32.0 Å². The summed E-state index contributed by atoms with van der Waals surface area (Å²) < 4.78 is 27.2. The molecule has 1 atom stereocenters. The summed E-state index contributed by atoms with van der Waals surface area (Å²) in [6.07, 6.45) is 1.33. The zero-order valence-corrected chi connectivity index (χ0v) is 17.7. The van der Waals surface area contributed by atoms with Gasteiger partial charge in [-0.1, -0.05) is 48.0 Å². The zero-order valence-electron chi connectivity index (χ0n) is 16.1. The van der Waals surface area contributed by atoms with Crippen molar-refractivity contribution in [2.24, 2.45) is 5.92 Å². The van der Waals surface area contributed by atoms with Crippen LogP contribution in [-0.4, -0.2) is 31.7 Å². The number of hydrogen-bond donors (Lipinski definition) is 1. The van der Waals surface area contributed by atoms with Crippen LogP contribution < -0.4 is 5.32 Å². The SMILES string of the molecule is Cc1cccc(C)c1NC(=O)C1CCCN(S(=O)(=O)Cc2ccccc2Cl)C1. The molecule has 1 amide bonds. The Morgan fingerprint density at radius 1 is 1.14 bits per heavy atom. The fourth-order valence-corrected chi connectivity index (χ4v) is 5.47. The molecule has 28 heavy (non-hydrogen) atoms. The number of aryl methyl sites for hydroxylation is 2. The van der Waals surface area contributed by atoms with Crippen molar-refractivity contribution in [1.29, 1.82) is 0 Å². The predicted molar refractivity (Wildman–Crippen MR) is 113 cm³/mol. The molecule has 0 spiro atoms. The molecule has 2 aromatic carbocycles. The van der Waals surface area contributed by atoms with E-state index in [2.05, 4.69) is 5.32 Å². The molecule has 5 nitrogen and oxygen atoms in total. The Morgan fingerprint density at radius 3 is 2.50 bits per heavy atom. The van der Waals surface area contributed by atoms with Gasteiger partial charge in [-0.2, -0.15) is 0 Å². The van der Waals surface area contributed by atoms with Crippen molar-refractivity contribution in [1.82, 2.24) is 4.31 Å². The van der Waals surface area contributed by atoms with E-state index in [1.165, 1.54) is 4.31 Å². The molecule has 1 aliphatic heterocycles. The van der Waals surface area contributed by atoms with Crippen LogP contribution in [0.4, 0.5) is 5.69 Å². The second kappa shape index (κ2) is 8.64. The Hall–Kier alpha value is -1.89. The number of amides is 1. The highest BCUT2D eigenvalue weighted by Gasteiger charge is 2.33. The smallest absolute Gasteiger partial charge is 0.228 e. The monoisotopic (exact) mass is 420 g/mol. The number of para-hydroxylation sites is 1. The second-order valence-corrected chi connectivity index (χ2v) is 9.68. The van der Waals surface area contributed by atoms with Gasteiger partial charge in [0.1, 0.15) is 0 Å². The molecule has 0 radical (unpaired) electrons. The molecule has 0 aliphatic carbocycles. The topological polar surface area (TPSA) is 66.5 Å². The molecule has 0 bridgehead atoms. The zero-order chi connectivity index (χ0) is 20.3. The molecule has 1 heterocycles. The first-order valence-electron chi connectivity index (χ1n) is 9.36. The van der Waals surface area contributed by atoms with Crippen molar-refractivity contribution in [3.05, 3.63) is 64.2 Å². The summed E-state index contributed by atoms with van der Waals surface area (Å²) in [5.74, 6) is -0.651. The van der Waals surface area contributed by atoms with Crippen molar-refractivity contribution in [2.45, 2.75) is 32.4 Å². The number of rotatable bonds is 5. The quantitative estimate of drug-likeness (QED) is 0.790. The number of carbonyl (C=O) groups excluding carboxylic acids is 1. The Bertz CT molecular complexity index is 955. The molecule has 1 aliphatic rings. The van der Waals surface area contributed by atoms with E-state index in [1.54, 1.807) is 24.3 Å². The standard InChI is InChI=1S/C21H25ClN2O3S/c1-15-7-5-8-16(2)20(15)23-21(25)17-10-6-12-24(13-17)28(26,27)14-18-9-3-4-11-19(18)22/h3-5,7-9,11,17H,6,10,12-14H2,1-2H3,(H,23,25). The number of benzene rings is 2. The van der Waals surface area contributed by atoms with E-state index in [4.69, 9.17) is 11.6 Å². The van der Waals surface area contributed by atoms with Crippen LogP contribution in [0.15, 0.2) is 42.5 Å². The Balaban J connectivity index is 1.71. The van der Waals surface area contributed by atoms with Crippen LogP contribution in [-0.2, 0) is 20.6 Å². The molecule has 0 saturated carbocycles. The summed E-state index contributed by atoms with van der Waals surface area (Å²) in [4.78, 5) is 12.8. The van der Waals surface area contributed by atoms with Gasteiger partial charge in [-0.25, -0.2) is 12.7 Å². The summed E-state index contributed by atoms with van der Waals surface area (Å²) in [7, 11) is -3.55. The van der Waals surface area contributed by atoms with Gasteiger partial charge in [-0.15, -0.1) is 0 Å². The van der Waals surface area contributed by atoms with Crippen molar-refractivity contribution >= 4 is 33.2 Å². The van der Waals surface area contributed by atoms with Gasteiger partial charge in [-0.3, -0.25) is 4.79 Å². The molecule has 150 valence electrons. The van der Waals surface area contributed by atoms with Crippen molar-refractivity contribution in [3.63, 3.8) is 0 Å². The minimum Gasteiger partial charge on any atom is -0.325 e. The lowest BCUT2D eigenvalue weighted by Crippen LogP contribution is -2.44. The Morgan fingerprint density at radius 2 is 1.82 bits per heavy atom. The molecule has 1 fully saturated rings. The number of nitrogens with zero attached hydrogens (tertiary/aromatic N) is 1. The van der Waals surface area contributed by atoms with Gasteiger partial charge in [0, 0.05) is 23.8 Å². The summed E-state index contributed by atoms with van der Waals surface area (Å²) in [6, 6.07) is 12.8. The number of anilines is 1. The Labute approximate surface area is 171 Å². The highest BCUT2D eigenvalue weighted by atomic mass is 35.5. The average molecular weight is 421 g/mol. The number of halogens is 1. The third-order valence-corrected chi connectivity index (χ3v) is 7.34. The second-order valence-electron chi connectivity index (χ2n) is 7.30. The summed E-state index contributed by atoms with van der Waals surface area (Å²) in [6.45, 7) is 4.53. The van der Waals surface area contributed by atoms with Gasteiger partial charge in [0.15, 0.2) is 0 Å². The number of nitrogens with one attached hydrogen (secondary N) is 1. The number of sulfonamides is 1. The van der Waals surface area contributed by atoms with Gasteiger partial charge in [-0.05, 0) is 49.4 Å². The van der Waals surface area contributed by atoms with Crippen LogP contribution in [0.3, 0.4) is 0 Å². The van der Waals surface area contributed by atoms with E-state index in [9.17, 15) is 13.2 Å². The van der Waals surface area contributed by atoms with Crippen LogP contribution >= 0.6 is 11.6 Å². The van der Waals surface area contributed by atoms with Crippen LogP contribution in [0.5, 0.6) is 0 Å². The lowest BCUT2D eigenvalue weighted by atomic mass is 9.98. The third kappa shape index (κ3) is 4.74. The van der Waals surface area contributed by atoms with Gasteiger partial charge in [0.25, 0.3) is 0 Å². The van der Waals surface area contributed by atoms with Crippen LogP contribution in [0, 0.1) is 19.8 Å². The molecule has 1 N–H and O–H groups in total. The maximum absolute atomic E-state index is 12.9. The minimum atomic E-state index is -3.55. The van der Waals surface area contributed by atoms with Gasteiger partial charge in [0.05, 0.1) is 11.7 Å². The van der Waals surface area contributed by atoms with E-state index < -0.39 is 10.0 Å². The maximum Gasteiger partial charge on any atom is 0.228 e. The van der Waals surface area contributed by atoms with Crippen LogP contribution in [0.1, 0.15) is 29.5 Å². The summed E-state index contributed by atoms with van der Waals surface area (Å²) >= 11 is 6.12. The normalized spacial score (nSPS) is 18.0. The first-order chi connectivity index (χ1) is 13.3. The first-order valence-corrected chi connectivity index (χ1v) is 11.3. The van der Waals surface area contributed by atoms with E-state index in [0.717, 1.165) is 16.8 Å². The third-order valence-electron chi connectivity index (χ3n) is 5.17. The highest BCUT2D eigenvalue weighted by molar-refractivity contribution is 7.88. The van der Waals surface area contributed by atoms with Gasteiger partial charge in [0.2, 0.25) is 15.9 Å². The maximum atomic E-state index is 12.9. The Kier molecular flexibility index (Phi) is 6.43. The van der Waals surface area contributed by atoms with Crippen molar-refractivity contribution < 1.29 is 13.2 Å². The molecule has 1 unspecified atom stereocenters. The average Bonchev–Trinajstić information content (AvgIpc) is 2.66. The van der Waals surface area contributed by atoms with Gasteiger partial charge >= 0.3 is 0 Å². The molecule has 2 aromatic rings. The largest absolute Gasteiger partial charge is 0.325 e. The van der Waals surface area contributed by atoms with Crippen molar-refractivity contribution in [2.75, 3.05) is 18.4 Å². The lowest BCUT2D eigenvalue weighted by Gasteiger charge is -2.31. The number of piperidine rings is 1. The number of carbonyl (C=O) groups is 1.